The molecule has 0 aliphatic rings. The van der Waals surface area contributed by atoms with Crippen molar-refractivity contribution in [2.24, 2.45) is 5.73 Å². The van der Waals surface area contributed by atoms with Gasteiger partial charge in [0.25, 0.3) is 0 Å². The zero-order valence-corrected chi connectivity index (χ0v) is 11.4. The van der Waals surface area contributed by atoms with Crippen molar-refractivity contribution >= 4 is 5.91 Å². The Balaban J connectivity index is 2.62. The Morgan fingerprint density at radius 3 is 2.78 bits per heavy atom. The van der Waals surface area contributed by atoms with Gasteiger partial charge in [-0.15, -0.1) is 0 Å². The zero-order chi connectivity index (χ0) is 13.5. The number of rotatable bonds is 6. The van der Waals surface area contributed by atoms with Gasteiger partial charge in [-0.3, -0.25) is 4.79 Å². The van der Waals surface area contributed by atoms with Gasteiger partial charge in [-0.05, 0) is 25.0 Å². The van der Waals surface area contributed by atoms with E-state index in [1.807, 2.05) is 19.1 Å². The van der Waals surface area contributed by atoms with E-state index in [9.17, 15) is 4.79 Å². The van der Waals surface area contributed by atoms with E-state index in [1.54, 1.807) is 19.1 Å². The van der Waals surface area contributed by atoms with Crippen LogP contribution in [-0.4, -0.2) is 38.1 Å². The first-order chi connectivity index (χ1) is 8.58. The molecule has 2 N–H and O–H groups in total. The lowest BCUT2D eigenvalue weighted by Crippen LogP contribution is -2.30. The molecule has 0 aliphatic heterocycles. The Morgan fingerprint density at radius 2 is 2.17 bits per heavy atom. The molecule has 0 spiro atoms. The zero-order valence-electron chi connectivity index (χ0n) is 11.4. The summed E-state index contributed by atoms with van der Waals surface area (Å²) in [7, 11) is 3.47. The third-order valence-corrected chi connectivity index (χ3v) is 2.94. The molecule has 4 nitrogen and oxygen atoms in total. The summed E-state index contributed by atoms with van der Waals surface area (Å²) < 4.78 is 5.32. The van der Waals surface area contributed by atoms with Crippen molar-refractivity contribution in [1.29, 1.82) is 0 Å². The molecule has 1 aromatic carbocycles. The third kappa shape index (κ3) is 4.04. The van der Waals surface area contributed by atoms with E-state index in [2.05, 4.69) is 6.07 Å². The van der Waals surface area contributed by atoms with Crippen molar-refractivity contribution < 1.29 is 9.53 Å². The molecule has 4 heteroatoms. The number of ether oxygens (including phenoxy) is 1. The molecule has 0 aromatic heterocycles. The average Bonchev–Trinajstić information content (AvgIpc) is 2.36. The second-order valence-corrected chi connectivity index (χ2v) is 4.42. The Kier molecular flexibility index (Phi) is 5.65. The molecule has 0 bridgehead atoms. The van der Waals surface area contributed by atoms with Gasteiger partial charge in [0.2, 0.25) is 5.91 Å². The average molecular weight is 250 g/mol. The second-order valence-electron chi connectivity index (χ2n) is 4.42. The quantitative estimate of drug-likeness (QED) is 0.829. The van der Waals surface area contributed by atoms with Crippen LogP contribution in [0.1, 0.15) is 17.5 Å². The van der Waals surface area contributed by atoms with Gasteiger partial charge in [0.15, 0.2) is 0 Å². The number of amides is 1. The van der Waals surface area contributed by atoms with E-state index in [0.717, 1.165) is 17.7 Å². The summed E-state index contributed by atoms with van der Waals surface area (Å²) in [6.07, 6.45) is 1.19. The van der Waals surface area contributed by atoms with Crippen molar-refractivity contribution in [3.05, 3.63) is 29.3 Å². The topological polar surface area (TPSA) is 55.6 Å². The van der Waals surface area contributed by atoms with Crippen LogP contribution in [0.25, 0.3) is 0 Å². The van der Waals surface area contributed by atoms with Crippen molar-refractivity contribution in [3.63, 3.8) is 0 Å². The monoisotopic (exact) mass is 250 g/mol. The van der Waals surface area contributed by atoms with Crippen LogP contribution < -0.4 is 10.5 Å². The van der Waals surface area contributed by atoms with Crippen LogP contribution in [0.5, 0.6) is 5.75 Å². The Labute approximate surface area is 109 Å². The number of benzene rings is 1. The van der Waals surface area contributed by atoms with Crippen molar-refractivity contribution in [2.75, 3.05) is 27.2 Å². The summed E-state index contributed by atoms with van der Waals surface area (Å²) in [6.45, 7) is 3.13. The lowest BCUT2D eigenvalue weighted by molar-refractivity contribution is -0.129. The summed E-state index contributed by atoms with van der Waals surface area (Å²) in [5, 5.41) is 0. The van der Waals surface area contributed by atoms with E-state index in [1.165, 1.54) is 5.56 Å². The Hall–Kier alpha value is -1.55. The number of hydrogen-bond donors (Lipinski definition) is 1. The van der Waals surface area contributed by atoms with Crippen LogP contribution in [0.4, 0.5) is 0 Å². The first-order valence-corrected chi connectivity index (χ1v) is 6.16. The number of nitrogens with zero attached hydrogens (tertiary/aromatic N) is 1. The molecule has 0 radical (unpaired) electrons. The molecule has 0 fully saturated rings. The molecule has 0 aliphatic carbocycles. The number of methoxy groups -OCH3 is 1. The van der Waals surface area contributed by atoms with Crippen LogP contribution in [0.3, 0.4) is 0 Å². The van der Waals surface area contributed by atoms with Crippen molar-refractivity contribution in [1.82, 2.24) is 4.90 Å². The molecule has 1 amide bonds. The van der Waals surface area contributed by atoms with E-state index >= 15 is 0 Å². The number of carbonyl (C=O) groups is 1. The fourth-order valence-corrected chi connectivity index (χ4v) is 1.83. The summed E-state index contributed by atoms with van der Waals surface area (Å²) in [6, 6.07) is 6.08. The molecule has 18 heavy (non-hydrogen) atoms. The predicted octanol–water partition coefficient (Wildman–Crippen LogP) is 1.35. The highest BCUT2D eigenvalue weighted by Gasteiger charge is 2.09. The highest BCUT2D eigenvalue weighted by Crippen LogP contribution is 2.20. The largest absolute Gasteiger partial charge is 0.496 e. The summed E-state index contributed by atoms with van der Waals surface area (Å²) in [4.78, 5) is 13.3. The van der Waals surface area contributed by atoms with Crippen LogP contribution in [-0.2, 0) is 11.2 Å². The highest BCUT2D eigenvalue weighted by atomic mass is 16.5. The maximum atomic E-state index is 11.6. The predicted molar refractivity (Wildman–Crippen MR) is 72.7 cm³/mol. The van der Waals surface area contributed by atoms with Gasteiger partial charge >= 0.3 is 0 Å². The second kappa shape index (κ2) is 7.01. The standard InChI is InChI=1S/C14H22N2O2/c1-11-4-5-13(18-3)12(10-11)7-9-16(2)14(17)6-8-15/h4-5,10H,6-9,15H2,1-3H3. The number of aryl methyl sites for hydroxylation is 1. The number of likely N-dealkylation sites (N-methyl/N-ethyl adjacent to an activating group) is 1. The van der Waals surface area contributed by atoms with Crippen LogP contribution in [0.15, 0.2) is 18.2 Å². The molecule has 0 unspecified atom stereocenters. The molecule has 1 aromatic rings. The minimum absolute atomic E-state index is 0.0871. The molecule has 1 rings (SSSR count). The van der Waals surface area contributed by atoms with Gasteiger partial charge in [0, 0.05) is 26.6 Å². The maximum absolute atomic E-state index is 11.6. The van der Waals surface area contributed by atoms with E-state index < -0.39 is 0 Å². The van der Waals surface area contributed by atoms with Crippen LogP contribution >= 0.6 is 0 Å². The fourth-order valence-electron chi connectivity index (χ4n) is 1.83. The van der Waals surface area contributed by atoms with Gasteiger partial charge in [0.1, 0.15) is 5.75 Å². The normalized spacial score (nSPS) is 10.2. The lowest BCUT2D eigenvalue weighted by atomic mass is 10.1. The van der Waals surface area contributed by atoms with E-state index in [4.69, 9.17) is 10.5 Å². The molecular weight excluding hydrogens is 228 g/mol. The first kappa shape index (κ1) is 14.5. The first-order valence-electron chi connectivity index (χ1n) is 6.16. The summed E-state index contributed by atoms with van der Waals surface area (Å²) >= 11 is 0. The minimum Gasteiger partial charge on any atom is -0.496 e. The van der Waals surface area contributed by atoms with E-state index in [-0.39, 0.29) is 5.91 Å². The smallest absolute Gasteiger partial charge is 0.223 e. The van der Waals surface area contributed by atoms with Crippen LogP contribution in [0, 0.1) is 6.92 Å². The Bertz CT molecular complexity index is 405. The maximum Gasteiger partial charge on any atom is 0.223 e. The van der Waals surface area contributed by atoms with Gasteiger partial charge in [-0.1, -0.05) is 17.7 Å². The summed E-state index contributed by atoms with van der Waals surface area (Å²) in [5.41, 5.74) is 7.70. The minimum atomic E-state index is 0.0871. The molecule has 0 atom stereocenters. The van der Waals surface area contributed by atoms with E-state index in [0.29, 0.717) is 19.5 Å². The fraction of sp³-hybridized carbons (Fsp3) is 0.500. The van der Waals surface area contributed by atoms with Gasteiger partial charge in [0.05, 0.1) is 7.11 Å². The van der Waals surface area contributed by atoms with Crippen LogP contribution in [0.2, 0.25) is 0 Å². The van der Waals surface area contributed by atoms with Crippen molar-refractivity contribution in [3.8, 4) is 5.75 Å². The number of hydrogen-bond acceptors (Lipinski definition) is 3. The highest BCUT2D eigenvalue weighted by molar-refractivity contribution is 5.76. The molecule has 0 heterocycles. The molecule has 0 saturated heterocycles. The number of nitrogens with two attached hydrogens (primary N) is 1. The molecule has 100 valence electrons. The summed E-state index contributed by atoms with van der Waals surface area (Å²) in [5.74, 6) is 0.962. The molecule has 0 saturated carbocycles. The molecular formula is C14H22N2O2. The third-order valence-electron chi connectivity index (χ3n) is 2.94. The van der Waals surface area contributed by atoms with Crippen molar-refractivity contribution in [2.45, 2.75) is 19.8 Å². The lowest BCUT2D eigenvalue weighted by Gasteiger charge is -2.18. The van der Waals surface area contributed by atoms with Gasteiger partial charge in [-0.2, -0.15) is 0 Å². The Morgan fingerprint density at radius 1 is 1.44 bits per heavy atom. The SMILES string of the molecule is COc1ccc(C)cc1CCN(C)C(=O)CCN. The number of carbonyl (C=O) groups excluding carboxylic acids is 1. The van der Waals surface area contributed by atoms with Gasteiger partial charge < -0.3 is 15.4 Å². The van der Waals surface area contributed by atoms with Gasteiger partial charge in [-0.25, -0.2) is 0 Å².